The van der Waals surface area contributed by atoms with Gasteiger partial charge in [0.25, 0.3) is 0 Å². The Balaban J connectivity index is 0.00000155. The van der Waals surface area contributed by atoms with Gasteiger partial charge in [-0.3, -0.25) is 0 Å². The van der Waals surface area contributed by atoms with Crippen LogP contribution in [0.2, 0.25) is 0 Å². The minimum absolute atomic E-state index is 0.807. The number of hydrogen-bond donors (Lipinski definition) is 1. The van der Waals surface area contributed by atoms with Gasteiger partial charge in [0.1, 0.15) is 0 Å². The van der Waals surface area contributed by atoms with Crippen LogP contribution in [0.3, 0.4) is 0 Å². The van der Waals surface area contributed by atoms with Crippen molar-refractivity contribution < 1.29 is 0 Å². The molecule has 0 aromatic heterocycles. The molecule has 0 radical (unpaired) electrons. The molecule has 0 unspecified atom stereocenters. The Kier molecular flexibility index (Phi) is 12.0. The quantitative estimate of drug-likeness (QED) is 0.239. The summed E-state index contributed by atoms with van der Waals surface area (Å²) in [6, 6.07) is 0. The highest BCUT2D eigenvalue weighted by molar-refractivity contribution is 5.02. The van der Waals surface area contributed by atoms with Crippen LogP contribution in [0.15, 0.2) is 24.3 Å². The monoisotopic (exact) mass is 415 g/mol. The SMILES string of the molecule is C=C(C)C1CCC(/C=C/C2CCC(C3CCC(CCCCC)CC3)CC2)CC1.N=O. The molecule has 0 aromatic carbocycles. The first-order valence-electron chi connectivity index (χ1n) is 13.2. The van der Waals surface area contributed by atoms with Gasteiger partial charge < -0.3 is 0 Å². The molecule has 0 spiro atoms. The predicted octanol–water partition coefficient (Wildman–Crippen LogP) is 9.45. The average molecular weight is 416 g/mol. The smallest absolute Gasteiger partial charge is 0.0208 e. The third kappa shape index (κ3) is 8.31. The van der Waals surface area contributed by atoms with Gasteiger partial charge in [0.05, 0.1) is 0 Å². The molecule has 2 nitrogen and oxygen atoms in total. The molecule has 1 N–H and O–H groups in total. The molecule has 172 valence electrons. The molecule has 0 bridgehead atoms. The van der Waals surface area contributed by atoms with Crippen molar-refractivity contribution >= 4 is 0 Å². The number of unbranched alkanes of at least 4 members (excludes halogenated alkanes) is 2. The third-order valence-corrected chi connectivity index (χ3v) is 8.71. The Morgan fingerprint density at radius 3 is 1.70 bits per heavy atom. The van der Waals surface area contributed by atoms with Crippen LogP contribution in [0.1, 0.15) is 117 Å². The van der Waals surface area contributed by atoms with Gasteiger partial charge in [-0.2, -0.15) is 4.91 Å². The Morgan fingerprint density at radius 2 is 1.23 bits per heavy atom. The molecular weight excluding hydrogens is 366 g/mol. The average Bonchev–Trinajstić information content (AvgIpc) is 2.80. The van der Waals surface area contributed by atoms with E-state index in [0.29, 0.717) is 0 Å². The third-order valence-electron chi connectivity index (χ3n) is 8.71. The maximum Gasteiger partial charge on any atom is -0.0208 e. The summed E-state index contributed by atoms with van der Waals surface area (Å²) in [5, 5.41) is 0. The van der Waals surface area contributed by atoms with Gasteiger partial charge >= 0.3 is 0 Å². The van der Waals surface area contributed by atoms with Crippen molar-refractivity contribution in [2.24, 2.45) is 35.5 Å². The summed E-state index contributed by atoms with van der Waals surface area (Å²) >= 11 is 0. The fraction of sp³-hybridized carbons (Fsp3) is 0.857. The van der Waals surface area contributed by atoms with E-state index in [1.54, 1.807) is 25.7 Å². The largest absolute Gasteiger partial charge is 0.154 e. The zero-order valence-corrected chi connectivity index (χ0v) is 20.0. The van der Waals surface area contributed by atoms with E-state index in [0.717, 1.165) is 35.5 Å². The van der Waals surface area contributed by atoms with Gasteiger partial charge in [-0.05, 0) is 107 Å². The van der Waals surface area contributed by atoms with E-state index in [1.807, 2.05) is 0 Å². The fourth-order valence-electron chi connectivity index (χ4n) is 6.56. The summed E-state index contributed by atoms with van der Waals surface area (Å²) in [6.07, 6.45) is 28.8. The Labute approximate surface area is 187 Å². The van der Waals surface area contributed by atoms with Gasteiger partial charge in [-0.25, -0.2) is 0 Å². The molecule has 0 saturated heterocycles. The molecule has 3 aliphatic rings. The molecule has 0 amide bonds. The second kappa shape index (κ2) is 14.2. The maximum atomic E-state index is 7.50. The molecule has 3 rings (SSSR count). The van der Waals surface area contributed by atoms with E-state index >= 15 is 0 Å². The molecule has 0 atom stereocenters. The molecule has 30 heavy (non-hydrogen) atoms. The summed E-state index contributed by atoms with van der Waals surface area (Å²) < 4.78 is 0. The van der Waals surface area contributed by atoms with E-state index in [9.17, 15) is 0 Å². The van der Waals surface area contributed by atoms with Crippen molar-refractivity contribution in [1.29, 1.82) is 5.59 Å². The van der Waals surface area contributed by atoms with Crippen LogP contribution in [-0.4, -0.2) is 0 Å². The minimum Gasteiger partial charge on any atom is -0.154 e. The number of rotatable bonds is 8. The van der Waals surface area contributed by atoms with E-state index in [2.05, 4.69) is 38.2 Å². The number of allylic oxidation sites excluding steroid dienone is 3. The lowest BCUT2D eigenvalue weighted by atomic mass is 9.68. The predicted molar refractivity (Wildman–Crippen MR) is 131 cm³/mol. The van der Waals surface area contributed by atoms with E-state index in [4.69, 9.17) is 4.91 Å². The summed E-state index contributed by atoms with van der Waals surface area (Å²) in [4.78, 5) is 7.50. The van der Waals surface area contributed by atoms with E-state index in [-0.39, 0.29) is 0 Å². The molecule has 2 heteroatoms. The highest BCUT2D eigenvalue weighted by Crippen LogP contribution is 2.43. The van der Waals surface area contributed by atoms with E-state index in [1.165, 1.54) is 82.6 Å². The van der Waals surface area contributed by atoms with Crippen molar-refractivity contribution in [3.63, 3.8) is 0 Å². The van der Waals surface area contributed by atoms with E-state index < -0.39 is 0 Å². The van der Waals surface area contributed by atoms with Gasteiger partial charge in [0, 0.05) is 0 Å². The van der Waals surface area contributed by atoms with Crippen molar-refractivity contribution in [3.05, 3.63) is 29.2 Å². The van der Waals surface area contributed by atoms with Crippen molar-refractivity contribution in [2.45, 2.75) is 117 Å². The van der Waals surface area contributed by atoms with Crippen molar-refractivity contribution in [1.82, 2.24) is 0 Å². The Morgan fingerprint density at radius 1 is 0.767 bits per heavy atom. The van der Waals surface area contributed by atoms with Crippen LogP contribution in [0.5, 0.6) is 0 Å². The first-order chi connectivity index (χ1) is 14.7. The fourth-order valence-corrected chi connectivity index (χ4v) is 6.56. The Bertz CT molecular complexity index is 489. The molecule has 3 fully saturated rings. The second-order valence-corrected chi connectivity index (χ2v) is 10.8. The topological polar surface area (TPSA) is 40.9 Å². The van der Waals surface area contributed by atoms with Crippen molar-refractivity contribution in [2.75, 3.05) is 0 Å². The lowest BCUT2D eigenvalue weighted by Crippen LogP contribution is -2.25. The molecule has 0 aromatic rings. The zero-order valence-electron chi connectivity index (χ0n) is 20.0. The molecule has 3 saturated carbocycles. The van der Waals surface area contributed by atoms with Crippen LogP contribution < -0.4 is 0 Å². The summed E-state index contributed by atoms with van der Waals surface area (Å²) in [7, 11) is 0. The van der Waals surface area contributed by atoms with Crippen LogP contribution in [0, 0.1) is 46.0 Å². The lowest BCUT2D eigenvalue weighted by molar-refractivity contribution is 0.151. The Hall–Kier alpha value is -0.920. The first kappa shape index (κ1) is 25.3. The molecular formula is C28H49NO. The molecule has 0 heterocycles. The normalized spacial score (nSPS) is 34.9. The molecule has 0 aliphatic heterocycles. The van der Waals surface area contributed by atoms with Crippen LogP contribution in [0.4, 0.5) is 0 Å². The summed E-state index contributed by atoms with van der Waals surface area (Å²) in [6.45, 7) is 8.72. The summed E-state index contributed by atoms with van der Waals surface area (Å²) in [5.41, 5.74) is 5.91. The number of nitroso groups, excluding NO2 is 1. The zero-order chi connectivity index (χ0) is 21.8. The number of nitrogens with one attached hydrogen (secondary N) is 1. The first-order valence-corrected chi connectivity index (χ1v) is 13.2. The summed E-state index contributed by atoms with van der Waals surface area (Å²) in [5.74, 6) is 5.76. The van der Waals surface area contributed by atoms with Gasteiger partial charge in [0.15, 0.2) is 0 Å². The second-order valence-electron chi connectivity index (χ2n) is 10.8. The van der Waals surface area contributed by atoms with Gasteiger partial charge in [-0.15, -0.1) is 0 Å². The maximum absolute atomic E-state index is 7.50. The van der Waals surface area contributed by atoms with Gasteiger partial charge in [-0.1, -0.05) is 75.3 Å². The highest BCUT2D eigenvalue weighted by Gasteiger charge is 2.30. The van der Waals surface area contributed by atoms with Crippen LogP contribution >= 0.6 is 0 Å². The number of hydrogen-bond acceptors (Lipinski definition) is 2. The van der Waals surface area contributed by atoms with Crippen LogP contribution in [-0.2, 0) is 0 Å². The minimum atomic E-state index is 0.807. The van der Waals surface area contributed by atoms with Crippen molar-refractivity contribution in [3.8, 4) is 0 Å². The standard InChI is InChI=1S/C28H48.HNO/c1-4-5-6-7-23-12-18-27(19-13-23)28-20-14-25(15-21-28)9-8-24-10-16-26(17-11-24)22(2)3;1-2/h8-9,23-28H,2,4-7,10-21H2,1,3H3;1H/b9-8+;. The lowest BCUT2D eigenvalue weighted by Gasteiger charge is -2.37. The molecule has 3 aliphatic carbocycles. The van der Waals surface area contributed by atoms with Crippen LogP contribution in [0.25, 0.3) is 0 Å². The highest BCUT2D eigenvalue weighted by atomic mass is 16.2. The van der Waals surface area contributed by atoms with Gasteiger partial charge in [0.2, 0.25) is 0 Å².